The van der Waals surface area contributed by atoms with Crippen LogP contribution in [0.15, 0.2) is 0 Å². The van der Waals surface area contributed by atoms with E-state index in [-0.39, 0.29) is 6.10 Å². The van der Waals surface area contributed by atoms with Crippen molar-refractivity contribution in [1.29, 1.82) is 0 Å². The molecule has 0 aromatic rings. The molecule has 5 heteroatoms. The Balaban J connectivity index is 1.19. The molecule has 4 saturated carbocycles. The van der Waals surface area contributed by atoms with Crippen molar-refractivity contribution in [2.75, 3.05) is 39.3 Å². The molecule has 5 unspecified atom stereocenters. The molecule has 0 aliphatic heterocycles. The van der Waals surface area contributed by atoms with Gasteiger partial charge in [0.1, 0.15) is 0 Å². The highest BCUT2D eigenvalue weighted by atomic mass is 16.3. The van der Waals surface area contributed by atoms with Gasteiger partial charge in [0.2, 0.25) is 0 Å². The maximum atomic E-state index is 11.7. The average molecular weight is 589 g/mol. The summed E-state index contributed by atoms with van der Waals surface area (Å²) in [5, 5.41) is 22.7. The molecule has 6 N–H and O–H groups in total. The van der Waals surface area contributed by atoms with Gasteiger partial charge in [0.25, 0.3) is 0 Å². The molecule has 4 aliphatic carbocycles. The summed E-state index contributed by atoms with van der Waals surface area (Å²) in [5.74, 6) is 5.51. The topological polar surface area (TPSA) is 82.3 Å². The van der Waals surface area contributed by atoms with Crippen LogP contribution >= 0.6 is 0 Å². The first kappa shape index (κ1) is 34.7. The van der Waals surface area contributed by atoms with Crippen LogP contribution in [0.5, 0.6) is 0 Å². The maximum Gasteiger partial charge on any atom is 0.0577 e. The van der Waals surface area contributed by atoms with E-state index >= 15 is 0 Å². The van der Waals surface area contributed by atoms with Crippen molar-refractivity contribution < 1.29 is 5.11 Å². The molecule has 246 valence electrons. The second kappa shape index (κ2) is 16.4. The van der Waals surface area contributed by atoms with E-state index in [1.54, 1.807) is 0 Å². The molecule has 4 aliphatic rings. The zero-order chi connectivity index (χ0) is 30.2. The summed E-state index contributed by atoms with van der Waals surface area (Å²) in [6.07, 6.45) is 19.4. The Morgan fingerprint density at radius 1 is 0.714 bits per heavy atom. The Bertz CT molecular complexity index is 777. The molecule has 0 radical (unpaired) electrons. The van der Waals surface area contributed by atoms with E-state index < -0.39 is 0 Å². The summed E-state index contributed by atoms with van der Waals surface area (Å²) in [6, 6.07) is 0.588. The van der Waals surface area contributed by atoms with Crippen LogP contribution in [0.25, 0.3) is 0 Å². The number of hydrogen-bond acceptors (Lipinski definition) is 5. The Kier molecular flexibility index (Phi) is 13.5. The Hall–Kier alpha value is -0.200. The fraction of sp³-hybridized carbons (Fsp3) is 1.00. The minimum Gasteiger partial charge on any atom is -0.393 e. The monoisotopic (exact) mass is 589 g/mol. The van der Waals surface area contributed by atoms with Crippen molar-refractivity contribution in [3.05, 3.63) is 0 Å². The minimum atomic E-state index is -0.0998. The molecule has 0 aromatic heterocycles. The van der Waals surface area contributed by atoms with Gasteiger partial charge in [-0.1, -0.05) is 53.9 Å². The van der Waals surface area contributed by atoms with Crippen molar-refractivity contribution in [3.63, 3.8) is 0 Å². The average Bonchev–Trinajstić information content (AvgIpc) is 3.31. The lowest BCUT2D eigenvalue weighted by molar-refractivity contribution is -0.162. The van der Waals surface area contributed by atoms with E-state index in [1.165, 1.54) is 83.5 Å². The lowest BCUT2D eigenvalue weighted by Gasteiger charge is -2.62. The van der Waals surface area contributed by atoms with Gasteiger partial charge < -0.3 is 26.8 Å². The maximum absolute atomic E-state index is 11.7. The molecule has 10 atom stereocenters. The van der Waals surface area contributed by atoms with Gasteiger partial charge in [-0.05, 0) is 169 Å². The van der Waals surface area contributed by atoms with Crippen molar-refractivity contribution >= 4 is 0 Å². The van der Waals surface area contributed by atoms with Crippen molar-refractivity contribution in [3.8, 4) is 0 Å². The second-order valence-corrected chi connectivity index (χ2v) is 16.5. The van der Waals surface area contributed by atoms with Crippen LogP contribution in [0.3, 0.4) is 0 Å². The minimum absolute atomic E-state index is 0.0998. The van der Waals surface area contributed by atoms with Crippen LogP contribution in [0.4, 0.5) is 0 Å². The van der Waals surface area contributed by atoms with Crippen LogP contribution in [0, 0.1) is 52.3 Å². The van der Waals surface area contributed by atoms with Gasteiger partial charge in [-0.3, -0.25) is 0 Å². The predicted octanol–water partition coefficient (Wildman–Crippen LogP) is 6.74. The first-order valence-corrected chi connectivity index (χ1v) is 18.7. The van der Waals surface area contributed by atoms with Crippen molar-refractivity contribution in [1.82, 2.24) is 16.0 Å². The van der Waals surface area contributed by atoms with Gasteiger partial charge >= 0.3 is 0 Å². The smallest absolute Gasteiger partial charge is 0.0577 e. The van der Waals surface area contributed by atoms with Crippen LogP contribution in [-0.2, 0) is 0 Å². The van der Waals surface area contributed by atoms with Crippen LogP contribution in [0.1, 0.15) is 131 Å². The molecule has 4 rings (SSSR count). The zero-order valence-corrected chi connectivity index (χ0v) is 28.6. The molecule has 0 amide bonds. The summed E-state index contributed by atoms with van der Waals surface area (Å²) >= 11 is 0. The van der Waals surface area contributed by atoms with Gasteiger partial charge in [-0.25, -0.2) is 0 Å². The quantitative estimate of drug-likeness (QED) is 0.115. The molecule has 0 heterocycles. The van der Waals surface area contributed by atoms with E-state index in [0.717, 1.165) is 87.6 Å². The summed E-state index contributed by atoms with van der Waals surface area (Å²) in [4.78, 5) is 0. The second-order valence-electron chi connectivity index (χ2n) is 16.5. The summed E-state index contributed by atoms with van der Waals surface area (Å²) in [6.45, 7) is 18.9. The largest absolute Gasteiger partial charge is 0.393 e. The fourth-order valence-electron chi connectivity index (χ4n) is 11.0. The molecule has 0 saturated heterocycles. The first-order chi connectivity index (χ1) is 20.2. The number of unbranched alkanes of at least 4 members (excludes halogenated alkanes) is 1. The predicted molar refractivity (Wildman–Crippen MR) is 180 cm³/mol. The SMILES string of the molecule is CC(C)CCC[C@@H](C)[C@H]1CCC2C3CC(O)[C@H]4C[C@H](NCCCNCCCCNCCCN)CCC4(C)C3CC[C@@]21C. The van der Waals surface area contributed by atoms with Gasteiger partial charge in [0.15, 0.2) is 0 Å². The lowest BCUT2D eigenvalue weighted by atomic mass is 9.43. The number of hydrogen-bond donors (Lipinski definition) is 5. The highest BCUT2D eigenvalue weighted by Gasteiger charge is 2.62. The van der Waals surface area contributed by atoms with Gasteiger partial charge in [-0.15, -0.1) is 0 Å². The number of aliphatic hydroxyl groups excluding tert-OH is 1. The highest BCUT2D eigenvalue weighted by molar-refractivity contribution is 5.11. The normalized spacial score (nSPS) is 38.7. The highest BCUT2D eigenvalue weighted by Crippen LogP contribution is 2.68. The molecular weight excluding hydrogens is 516 g/mol. The standard InChI is InChI=1S/C37H72N4O/c1-27(2)11-8-12-28(3)31-13-14-32-30-26-35(42)34-25-29(15-17-37(34,5)33(30)16-18-36(31,32)4)41-24-10-23-40-21-7-6-20-39-22-9-19-38/h27-35,39-42H,6-26,38H2,1-5H3/t28-,29-,30?,31-,32?,33?,34-,35?,36-,37?/m1/s1. The number of rotatable bonds is 18. The Morgan fingerprint density at radius 3 is 2.10 bits per heavy atom. The number of fused-ring (bicyclic) bond motifs is 5. The Morgan fingerprint density at radius 2 is 1.38 bits per heavy atom. The molecule has 5 nitrogen and oxygen atoms in total. The third-order valence-electron chi connectivity index (χ3n) is 13.4. The Labute approximate surface area is 261 Å². The van der Waals surface area contributed by atoms with Crippen LogP contribution in [0.2, 0.25) is 0 Å². The van der Waals surface area contributed by atoms with E-state index in [2.05, 4.69) is 50.6 Å². The molecule has 4 fully saturated rings. The summed E-state index contributed by atoms with van der Waals surface area (Å²) in [7, 11) is 0. The first-order valence-electron chi connectivity index (χ1n) is 18.7. The third kappa shape index (κ3) is 8.33. The summed E-state index contributed by atoms with van der Waals surface area (Å²) < 4.78 is 0. The molecule has 0 aromatic carbocycles. The van der Waals surface area contributed by atoms with Gasteiger partial charge in [0, 0.05) is 6.04 Å². The fourth-order valence-corrected chi connectivity index (χ4v) is 11.0. The van der Waals surface area contributed by atoms with Crippen LogP contribution in [-0.4, -0.2) is 56.5 Å². The van der Waals surface area contributed by atoms with E-state index in [1.807, 2.05) is 0 Å². The molecule has 0 bridgehead atoms. The van der Waals surface area contributed by atoms with E-state index in [4.69, 9.17) is 5.73 Å². The van der Waals surface area contributed by atoms with E-state index in [9.17, 15) is 5.11 Å². The summed E-state index contributed by atoms with van der Waals surface area (Å²) in [5.41, 5.74) is 6.39. The van der Waals surface area contributed by atoms with E-state index in [0.29, 0.717) is 22.8 Å². The van der Waals surface area contributed by atoms with Crippen molar-refractivity contribution in [2.45, 2.75) is 143 Å². The van der Waals surface area contributed by atoms with Crippen molar-refractivity contribution in [2.24, 2.45) is 58.0 Å². The van der Waals surface area contributed by atoms with Gasteiger partial charge in [0.05, 0.1) is 6.10 Å². The molecule has 42 heavy (non-hydrogen) atoms. The zero-order valence-electron chi connectivity index (χ0n) is 28.6. The van der Waals surface area contributed by atoms with Gasteiger partial charge in [-0.2, -0.15) is 0 Å². The number of nitrogens with one attached hydrogen (secondary N) is 3. The molecule has 0 spiro atoms. The number of aliphatic hydroxyl groups is 1. The number of nitrogens with two attached hydrogens (primary N) is 1. The molecular formula is C37H72N4O. The van der Waals surface area contributed by atoms with Crippen LogP contribution < -0.4 is 21.7 Å². The third-order valence-corrected chi connectivity index (χ3v) is 13.4. The lowest BCUT2D eigenvalue weighted by Crippen LogP contribution is -2.59.